The lowest BCUT2D eigenvalue weighted by molar-refractivity contribution is 0.524. The number of aromatic nitrogens is 2. The molecule has 0 bridgehead atoms. The van der Waals surface area contributed by atoms with Crippen molar-refractivity contribution in [2.45, 2.75) is 39.7 Å². The number of hydrogen-bond acceptors (Lipinski definition) is 4. The molecular formula is C11H19FN4. The Kier molecular flexibility index (Phi) is 4.46. The van der Waals surface area contributed by atoms with Crippen molar-refractivity contribution in [3.8, 4) is 0 Å². The highest BCUT2D eigenvalue weighted by Crippen LogP contribution is 2.14. The van der Waals surface area contributed by atoms with Crippen molar-refractivity contribution in [3.05, 3.63) is 12.0 Å². The Morgan fingerprint density at radius 1 is 1.38 bits per heavy atom. The maximum absolute atomic E-state index is 13.3. The van der Waals surface area contributed by atoms with Crippen molar-refractivity contribution < 1.29 is 4.39 Å². The molecule has 0 aliphatic carbocycles. The first kappa shape index (κ1) is 12.7. The van der Waals surface area contributed by atoms with Gasteiger partial charge in [0, 0.05) is 6.04 Å². The third-order valence-corrected chi connectivity index (χ3v) is 2.32. The van der Waals surface area contributed by atoms with Gasteiger partial charge in [0.05, 0.1) is 6.20 Å². The van der Waals surface area contributed by atoms with Crippen molar-refractivity contribution in [2.24, 2.45) is 5.92 Å². The molecule has 0 saturated heterocycles. The minimum Gasteiger partial charge on any atom is -0.368 e. The van der Waals surface area contributed by atoms with Gasteiger partial charge in [-0.3, -0.25) is 0 Å². The zero-order valence-corrected chi connectivity index (χ0v) is 10.00. The Morgan fingerprint density at radius 2 is 2.06 bits per heavy atom. The second-order valence-electron chi connectivity index (χ2n) is 4.44. The average molecular weight is 226 g/mol. The highest BCUT2D eigenvalue weighted by molar-refractivity contribution is 5.39. The number of hydrogen-bond donors (Lipinski definition) is 2. The normalized spacial score (nSPS) is 12.8. The van der Waals surface area contributed by atoms with E-state index in [-0.39, 0.29) is 17.8 Å². The first-order valence-electron chi connectivity index (χ1n) is 5.53. The average Bonchev–Trinajstić information content (AvgIpc) is 2.20. The van der Waals surface area contributed by atoms with Gasteiger partial charge in [-0.15, -0.1) is 0 Å². The molecule has 90 valence electrons. The maximum Gasteiger partial charge on any atom is 0.222 e. The molecule has 3 N–H and O–H groups in total. The van der Waals surface area contributed by atoms with Crippen LogP contribution in [-0.4, -0.2) is 16.0 Å². The van der Waals surface area contributed by atoms with E-state index in [0.717, 1.165) is 19.0 Å². The summed E-state index contributed by atoms with van der Waals surface area (Å²) in [5.41, 5.74) is 5.40. The highest BCUT2D eigenvalue weighted by atomic mass is 19.1. The summed E-state index contributed by atoms with van der Waals surface area (Å²) in [5, 5.41) is 3.00. The highest BCUT2D eigenvalue weighted by Gasteiger charge is 2.09. The molecule has 0 aromatic carbocycles. The Balaban J connectivity index is 2.55. The molecule has 16 heavy (non-hydrogen) atoms. The first-order valence-corrected chi connectivity index (χ1v) is 5.53. The van der Waals surface area contributed by atoms with Crippen molar-refractivity contribution in [2.75, 3.05) is 11.1 Å². The maximum atomic E-state index is 13.3. The van der Waals surface area contributed by atoms with Gasteiger partial charge in [-0.2, -0.15) is 4.98 Å². The smallest absolute Gasteiger partial charge is 0.222 e. The van der Waals surface area contributed by atoms with Gasteiger partial charge in [0.15, 0.2) is 11.6 Å². The Labute approximate surface area is 95.5 Å². The summed E-state index contributed by atoms with van der Waals surface area (Å²) in [6.45, 7) is 6.33. The molecule has 1 aromatic rings. The van der Waals surface area contributed by atoms with E-state index in [4.69, 9.17) is 5.73 Å². The van der Waals surface area contributed by atoms with Gasteiger partial charge < -0.3 is 11.1 Å². The van der Waals surface area contributed by atoms with Crippen LogP contribution >= 0.6 is 0 Å². The van der Waals surface area contributed by atoms with Crippen molar-refractivity contribution in [1.29, 1.82) is 0 Å². The van der Waals surface area contributed by atoms with Gasteiger partial charge >= 0.3 is 0 Å². The van der Waals surface area contributed by atoms with Crippen molar-refractivity contribution >= 4 is 11.8 Å². The lowest BCUT2D eigenvalue weighted by atomic mass is 10.0. The van der Waals surface area contributed by atoms with E-state index in [0.29, 0.717) is 5.92 Å². The Hall–Kier alpha value is -1.39. The first-order chi connectivity index (χ1) is 7.49. The zero-order chi connectivity index (χ0) is 12.1. The molecule has 4 nitrogen and oxygen atoms in total. The van der Waals surface area contributed by atoms with E-state index in [2.05, 4.69) is 29.1 Å². The van der Waals surface area contributed by atoms with Gasteiger partial charge in [-0.05, 0) is 25.7 Å². The van der Waals surface area contributed by atoms with E-state index in [9.17, 15) is 4.39 Å². The number of nitrogens with one attached hydrogen (secondary N) is 1. The number of nitrogen functional groups attached to an aromatic ring is 1. The van der Waals surface area contributed by atoms with Crippen LogP contribution in [0.3, 0.4) is 0 Å². The predicted molar refractivity (Wildman–Crippen MR) is 63.6 cm³/mol. The van der Waals surface area contributed by atoms with Crippen molar-refractivity contribution in [1.82, 2.24) is 9.97 Å². The van der Waals surface area contributed by atoms with E-state index in [1.807, 2.05) is 6.92 Å². The van der Waals surface area contributed by atoms with Gasteiger partial charge in [0.2, 0.25) is 5.95 Å². The molecule has 0 aliphatic rings. The summed E-state index contributed by atoms with van der Waals surface area (Å²) in [4.78, 5) is 7.39. The standard InChI is InChI=1S/C11H19FN4/c1-7(2)4-5-8(3)15-10-9(12)6-14-11(13)16-10/h6-8H,4-5H2,1-3H3,(H3,13,14,15,16). The van der Waals surface area contributed by atoms with Crippen LogP contribution in [0.25, 0.3) is 0 Å². The predicted octanol–water partition coefficient (Wildman–Crippen LogP) is 2.43. The van der Waals surface area contributed by atoms with E-state index >= 15 is 0 Å². The largest absolute Gasteiger partial charge is 0.368 e. The van der Waals surface area contributed by atoms with Crippen LogP contribution in [0.1, 0.15) is 33.6 Å². The van der Waals surface area contributed by atoms with Gasteiger partial charge in [-0.1, -0.05) is 13.8 Å². The molecule has 0 spiro atoms. The summed E-state index contributed by atoms with van der Waals surface area (Å²) >= 11 is 0. The van der Waals surface area contributed by atoms with Gasteiger partial charge in [0.1, 0.15) is 0 Å². The third kappa shape index (κ3) is 4.00. The van der Waals surface area contributed by atoms with Gasteiger partial charge in [0.25, 0.3) is 0 Å². The molecule has 1 heterocycles. The van der Waals surface area contributed by atoms with Crippen molar-refractivity contribution in [3.63, 3.8) is 0 Å². The third-order valence-electron chi connectivity index (χ3n) is 2.32. The second kappa shape index (κ2) is 5.63. The molecule has 0 radical (unpaired) electrons. The molecule has 0 aliphatic heterocycles. The fourth-order valence-corrected chi connectivity index (χ4v) is 1.37. The molecule has 0 saturated carbocycles. The van der Waals surface area contributed by atoms with Crippen LogP contribution in [0.15, 0.2) is 6.20 Å². The summed E-state index contributed by atoms with van der Waals surface area (Å²) in [5.74, 6) is 0.443. The van der Waals surface area contributed by atoms with Crippen LogP contribution in [0.4, 0.5) is 16.2 Å². The minimum atomic E-state index is -0.467. The fourth-order valence-electron chi connectivity index (χ4n) is 1.37. The monoisotopic (exact) mass is 226 g/mol. The molecule has 1 atom stereocenters. The fraction of sp³-hybridized carbons (Fsp3) is 0.636. The molecule has 1 unspecified atom stereocenters. The SMILES string of the molecule is CC(C)CCC(C)Nc1nc(N)ncc1F. The topological polar surface area (TPSA) is 63.8 Å². The van der Waals surface area contributed by atoms with E-state index in [1.54, 1.807) is 0 Å². The van der Waals surface area contributed by atoms with Gasteiger partial charge in [-0.25, -0.2) is 9.37 Å². The molecule has 0 amide bonds. The van der Waals surface area contributed by atoms with Crippen LogP contribution in [-0.2, 0) is 0 Å². The lowest BCUT2D eigenvalue weighted by Crippen LogP contribution is -2.18. The Morgan fingerprint density at radius 3 is 2.69 bits per heavy atom. The molecule has 1 aromatic heterocycles. The Bertz CT molecular complexity index is 341. The van der Waals surface area contributed by atoms with Crippen LogP contribution in [0.5, 0.6) is 0 Å². The molecule has 1 rings (SSSR count). The number of anilines is 2. The van der Waals surface area contributed by atoms with Crippen LogP contribution < -0.4 is 11.1 Å². The van der Waals surface area contributed by atoms with E-state index < -0.39 is 5.82 Å². The van der Waals surface area contributed by atoms with E-state index in [1.165, 1.54) is 0 Å². The molecule has 5 heteroatoms. The second-order valence-corrected chi connectivity index (χ2v) is 4.44. The molecule has 0 fully saturated rings. The number of nitrogens with zero attached hydrogens (tertiary/aromatic N) is 2. The number of nitrogens with two attached hydrogens (primary N) is 1. The summed E-state index contributed by atoms with van der Waals surface area (Å²) in [6, 6.07) is 0.172. The summed E-state index contributed by atoms with van der Waals surface area (Å²) in [6.07, 6.45) is 3.15. The van der Waals surface area contributed by atoms with Crippen LogP contribution in [0, 0.1) is 11.7 Å². The lowest BCUT2D eigenvalue weighted by Gasteiger charge is -2.15. The number of rotatable bonds is 5. The quantitative estimate of drug-likeness (QED) is 0.809. The zero-order valence-electron chi connectivity index (χ0n) is 10.00. The summed E-state index contributed by atoms with van der Waals surface area (Å²) in [7, 11) is 0. The minimum absolute atomic E-state index is 0.0833. The summed E-state index contributed by atoms with van der Waals surface area (Å²) < 4.78 is 13.3. The van der Waals surface area contributed by atoms with Crippen LogP contribution in [0.2, 0.25) is 0 Å². The molecular weight excluding hydrogens is 207 g/mol. The number of halogens is 1.